The summed E-state index contributed by atoms with van der Waals surface area (Å²) >= 11 is 3.26. The summed E-state index contributed by atoms with van der Waals surface area (Å²) in [5.74, 6) is 0.207. The fraction of sp³-hybridized carbons (Fsp3) is 0.0714. The summed E-state index contributed by atoms with van der Waals surface area (Å²) in [4.78, 5) is 0. The molecule has 0 unspecified atom stereocenters. The van der Waals surface area contributed by atoms with E-state index in [1.165, 1.54) is 6.07 Å². The number of nitrogen functional groups attached to an aromatic ring is 1. The topological polar surface area (TPSA) is 59.1 Å². The summed E-state index contributed by atoms with van der Waals surface area (Å²) in [6.07, 6.45) is 0. The van der Waals surface area contributed by atoms with Crippen molar-refractivity contribution in [2.45, 2.75) is 6.92 Å². The monoisotopic (exact) mass is 322 g/mol. The van der Waals surface area contributed by atoms with Gasteiger partial charge in [-0.05, 0) is 48.9 Å². The Morgan fingerprint density at radius 3 is 2.63 bits per heavy atom. The van der Waals surface area contributed by atoms with Gasteiger partial charge in [0.05, 0.1) is 0 Å². The van der Waals surface area contributed by atoms with E-state index in [1.807, 2.05) is 6.92 Å². The van der Waals surface area contributed by atoms with Crippen molar-refractivity contribution in [3.8, 4) is 11.5 Å². The number of amidine groups is 1. The molecular weight excluding hydrogens is 311 g/mol. The van der Waals surface area contributed by atoms with Gasteiger partial charge in [-0.25, -0.2) is 4.39 Å². The minimum Gasteiger partial charge on any atom is -0.454 e. The molecule has 0 fully saturated rings. The number of benzene rings is 2. The zero-order valence-corrected chi connectivity index (χ0v) is 11.8. The van der Waals surface area contributed by atoms with Gasteiger partial charge in [0.2, 0.25) is 0 Å². The predicted molar refractivity (Wildman–Crippen MR) is 76.4 cm³/mol. The maximum absolute atomic E-state index is 13.6. The highest BCUT2D eigenvalue weighted by Crippen LogP contribution is 2.28. The fourth-order valence-corrected chi connectivity index (χ4v) is 2.02. The number of aryl methyl sites for hydroxylation is 1. The van der Waals surface area contributed by atoms with Crippen LogP contribution in [0.25, 0.3) is 0 Å². The van der Waals surface area contributed by atoms with Gasteiger partial charge in [0.25, 0.3) is 0 Å². The zero-order valence-electron chi connectivity index (χ0n) is 10.2. The number of halogens is 2. The lowest BCUT2D eigenvalue weighted by atomic mass is 10.1. The Labute approximate surface area is 118 Å². The van der Waals surface area contributed by atoms with E-state index in [2.05, 4.69) is 15.9 Å². The number of nitrogens with one attached hydrogen (secondary N) is 1. The zero-order chi connectivity index (χ0) is 14.0. The van der Waals surface area contributed by atoms with Gasteiger partial charge in [-0.3, -0.25) is 5.41 Å². The van der Waals surface area contributed by atoms with Crippen LogP contribution in [-0.4, -0.2) is 5.84 Å². The number of hydrogen-bond acceptors (Lipinski definition) is 2. The molecule has 98 valence electrons. The number of rotatable bonds is 3. The van der Waals surface area contributed by atoms with Crippen molar-refractivity contribution in [1.29, 1.82) is 5.41 Å². The molecule has 3 nitrogen and oxygen atoms in total. The summed E-state index contributed by atoms with van der Waals surface area (Å²) < 4.78 is 19.8. The Kier molecular flexibility index (Phi) is 3.85. The second-order valence-electron chi connectivity index (χ2n) is 4.07. The maximum atomic E-state index is 13.6. The molecule has 0 aliphatic heterocycles. The standard InChI is InChI=1S/C14H12BrFN2O/c1-8-6-10(3-4-11(8)14(17)18)19-13-7-9(15)2-5-12(13)16/h2-7H,1H3,(H3,17,18). The Morgan fingerprint density at radius 2 is 2.00 bits per heavy atom. The molecule has 2 aromatic rings. The average Bonchev–Trinajstić information content (AvgIpc) is 2.33. The Hall–Kier alpha value is -1.88. The third-order valence-electron chi connectivity index (χ3n) is 2.61. The van der Waals surface area contributed by atoms with Gasteiger partial charge in [-0.2, -0.15) is 0 Å². The average molecular weight is 323 g/mol. The van der Waals surface area contributed by atoms with E-state index >= 15 is 0 Å². The second-order valence-corrected chi connectivity index (χ2v) is 4.98. The van der Waals surface area contributed by atoms with Gasteiger partial charge < -0.3 is 10.5 Å². The van der Waals surface area contributed by atoms with Gasteiger partial charge >= 0.3 is 0 Å². The molecule has 0 aromatic heterocycles. The van der Waals surface area contributed by atoms with Gasteiger partial charge in [0.1, 0.15) is 11.6 Å². The molecule has 0 heterocycles. The Morgan fingerprint density at radius 1 is 1.26 bits per heavy atom. The quantitative estimate of drug-likeness (QED) is 0.663. The van der Waals surface area contributed by atoms with E-state index in [-0.39, 0.29) is 11.6 Å². The number of nitrogens with two attached hydrogens (primary N) is 1. The Balaban J connectivity index is 2.31. The molecule has 0 aliphatic carbocycles. The molecule has 0 atom stereocenters. The third-order valence-corrected chi connectivity index (χ3v) is 3.10. The van der Waals surface area contributed by atoms with Crippen molar-refractivity contribution >= 4 is 21.8 Å². The summed E-state index contributed by atoms with van der Waals surface area (Å²) in [6, 6.07) is 9.55. The first kappa shape index (κ1) is 13.5. The first-order valence-electron chi connectivity index (χ1n) is 5.55. The van der Waals surface area contributed by atoms with E-state index in [0.29, 0.717) is 11.3 Å². The molecule has 0 radical (unpaired) electrons. The highest BCUT2D eigenvalue weighted by molar-refractivity contribution is 9.10. The largest absolute Gasteiger partial charge is 0.454 e. The lowest BCUT2D eigenvalue weighted by Gasteiger charge is -2.10. The molecule has 5 heteroatoms. The summed E-state index contributed by atoms with van der Waals surface area (Å²) in [7, 11) is 0. The summed E-state index contributed by atoms with van der Waals surface area (Å²) in [5, 5.41) is 7.40. The van der Waals surface area contributed by atoms with E-state index < -0.39 is 5.82 Å². The minimum atomic E-state index is -0.434. The highest BCUT2D eigenvalue weighted by atomic mass is 79.9. The van der Waals surface area contributed by atoms with Gasteiger partial charge in [-0.15, -0.1) is 0 Å². The van der Waals surface area contributed by atoms with Gasteiger partial charge in [0, 0.05) is 10.0 Å². The molecule has 0 saturated heterocycles. The third kappa shape index (κ3) is 3.12. The van der Waals surface area contributed by atoms with Gasteiger partial charge in [0.15, 0.2) is 11.6 Å². The van der Waals surface area contributed by atoms with Crippen LogP contribution >= 0.6 is 15.9 Å². The van der Waals surface area contributed by atoms with Crippen LogP contribution in [0.2, 0.25) is 0 Å². The molecule has 0 aliphatic rings. The first-order chi connectivity index (χ1) is 8.97. The van der Waals surface area contributed by atoms with E-state index in [4.69, 9.17) is 15.9 Å². The maximum Gasteiger partial charge on any atom is 0.165 e. The van der Waals surface area contributed by atoms with E-state index in [1.54, 1.807) is 30.3 Å². The molecule has 0 spiro atoms. The van der Waals surface area contributed by atoms with Crippen LogP contribution in [0.15, 0.2) is 40.9 Å². The van der Waals surface area contributed by atoms with Crippen molar-refractivity contribution in [2.75, 3.05) is 0 Å². The number of ether oxygens (including phenoxy) is 1. The van der Waals surface area contributed by atoms with Crippen LogP contribution in [0.5, 0.6) is 11.5 Å². The van der Waals surface area contributed by atoms with Gasteiger partial charge in [-0.1, -0.05) is 15.9 Å². The molecule has 3 N–H and O–H groups in total. The van der Waals surface area contributed by atoms with Crippen molar-refractivity contribution in [3.05, 3.63) is 57.8 Å². The first-order valence-corrected chi connectivity index (χ1v) is 6.34. The van der Waals surface area contributed by atoms with Crippen LogP contribution < -0.4 is 10.5 Å². The van der Waals surface area contributed by atoms with Crippen LogP contribution in [0.4, 0.5) is 4.39 Å². The molecule has 19 heavy (non-hydrogen) atoms. The smallest absolute Gasteiger partial charge is 0.165 e. The van der Waals surface area contributed by atoms with Crippen molar-refractivity contribution < 1.29 is 9.13 Å². The molecule has 2 rings (SSSR count). The van der Waals surface area contributed by atoms with E-state index in [0.717, 1.165) is 10.0 Å². The SMILES string of the molecule is Cc1cc(Oc2cc(Br)ccc2F)ccc1C(=N)N. The van der Waals surface area contributed by atoms with Crippen molar-refractivity contribution in [1.82, 2.24) is 0 Å². The summed E-state index contributed by atoms with van der Waals surface area (Å²) in [6.45, 7) is 1.82. The predicted octanol–water partition coefficient (Wildman–Crippen LogP) is 3.97. The van der Waals surface area contributed by atoms with E-state index in [9.17, 15) is 4.39 Å². The van der Waals surface area contributed by atoms with Crippen LogP contribution in [-0.2, 0) is 0 Å². The molecule has 0 amide bonds. The lowest BCUT2D eigenvalue weighted by Crippen LogP contribution is -2.12. The summed E-state index contributed by atoms with van der Waals surface area (Å²) in [5.41, 5.74) is 6.88. The number of hydrogen-bond donors (Lipinski definition) is 2. The normalized spacial score (nSPS) is 10.3. The van der Waals surface area contributed by atoms with Crippen molar-refractivity contribution in [2.24, 2.45) is 5.73 Å². The van der Waals surface area contributed by atoms with Crippen LogP contribution in [0.3, 0.4) is 0 Å². The molecular formula is C14H12BrFN2O. The Bertz CT molecular complexity index is 643. The second kappa shape index (κ2) is 5.40. The minimum absolute atomic E-state index is 0.00214. The van der Waals surface area contributed by atoms with Crippen molar-refractivity contribution in [3.63, 3.8) is 0 Å². The molecule has 0 bridgehead atoms. The fourth-order valence-electron chi connectivity index (χ4n) is 1.68. The van der Waals surface area contributed by atoms with Crippen LogP contribution in [0.1, 0.15) is 11.1 Å². The highest BCUT2D eigenvalue weighted by Gasteiger charge is 2.08. The lowest BCUT2D eigenvalue weighted by molar-refractivity contribution is 0.441. The molecule has 0 saturated carbocycles. The molecule has 2 aromatic carbocycles. The van der Waals surface area contributed by atoms with Crippen LogP contribution in [0, 0.1) is 18.2 Å².